The molecule has 0 unspecified atom stereocenters. The molecule has 0 amide bonds. The first kappa shape index (κ1) is 16.8. The number of carboxylic acid groups (broad SMARTS) is 1. The van der Waals surface area contributed by atoms with Gasteiger partial charge in [0.1, 0.15) is 5.75 Å². The van der Waals surface area contributed by atoms with E-state index in [1.165, 1.54) is 43.5 Å². The van der Waals surface area contributed by atoms with Crippen molar-refractivity contribution in [3.05, 3.63) is 66.2 Å². The van der Waals surface area contributed by atoms with Gasteiger partial charge in [-0.05, 0) is 47.2 Å². The van der Waals surface area contributed by atoms with Gasteiger partial charge in [-0.2, -0.15) is 0 Å². The van der Waals surface area contributed by atoms with Gasteiger partial charge in [0.2, 0.25) is 0 Å². The average Bonchev–Trinajstić information content (AvgIpc) is 2.60. The number of hydrogen-bond donors (Lipinski definition) is 2. The molecule has 0 aromatic heterocycles. The molecular formula is C18H15NO5S. The van der Waals surface area contributed by atoms with Gasteiger partial charge >= 0.3 is 5.97 Å². The smallest absolute Gasteiger partial charge is 0.337 e. The van der Waals surface area contributed by atoms with Crippen molar-refractivity contribution in [2.24, 2.45) is 0 Å². The molecule has 0 spiro atoms. The fraction of sp³-hybridized carbons (Fsp3) is 0.0556. The molecule has 0 aliphatic heterocycles. The fourth-order valence-electron chi connectivity index (χ4n) is 2.46. The number of nitrogens with one attached hydrogen (secondary N) is 1. The zero-order valence-corrected chi connectivity index (χ0v) is 14.1. The van der Waals surface area contributed by atoms with Crippen molar-refractivity contribution in [2.75, 3.05) is 11.8 Å². The number of ether oxygens (including phenoxy) is 1. The number of rotatable bonds is 5. The third kappa shape index (κ3) is 3.41. The maximum atomic E-state index is 12.6. The first-order valence-corrected chi connectivity index (χ1v) is 8.82. The van der Waals surface area contributed by atoms with Crippen LogP contribution in [0.15, 0.2) is 65.6 Å². The molecule has 6 nitrogen and oxygen atoms in total. The summed E-state index contributed by atoms with van der Waals surface area (Å²) in [6, 6.07) is 15.9. The lowest BCUT2D eigenvalue weighted by Crippen LogP contribution is -2.15. The number of anilines is 1. The highest BCUT2D eigenvalue weighted by Crippen LogP contribution is 2.27. The lowest BCUT2D eigenvalue weighted by Gasteiger charge is -2.12. The van der Waals surface area contributed by atoms with Crippen molar-refractivity contribution in [3.63, 3.8) is 0 Å². The number of methoxy groups -OCH3 is 1. The molecule has 0 aliphatic carbocycles. The van der Waals surface area contributed by atoms with E-state index in [0.717, 1.165) is 5.39 Å². The van der Waals surface area contributed by atoms with Crippen LogP contribution in [0.25, 0.3) is 10.8 Å². The molecule has 2 N–H and O–H groups in total. The molecule has 0 radical (unpaired) electrons. The summed E-state index contributed by atoms with van der Waals surface area (Å²) in [5.74, 6) is -0.686. The van der Waals surface area contributed by atoms with Crippen LogP contribution in [0.3, 0.4) is 0 Å². The normalized spacial score (nSPS) is 11.2. The third-order valence-electron chi connectivity index (χ3n) is 3.73. The second-order valence-corrected chi connectivity index (χ2v) is 7.01. The molecule has 0 fully saturated rings. The molecule has 0 bridgehead atoms. The fourth-order valence-corrected chi connectivity index (χ4v) is 3.53. The molecule has 0 saturated carbocycles. The zero-order valence-electron chi connectivity index (χ0n) is 13.3. The summed E-state index contributed by atoms with van der Waals surface area (Å²) < 4.78 is 32.5. The van der Waals surface area contributed by atoms with Crippen LogP contribution < -0.4 is 9.46 Å². The summed E-state index contributed by atoms with van der Waals surface area (Å²) in [7, 11) is -2.45. The molecule has 0 atom stereocenters. The molecule has 25 heavy (non-hydrogen) atoms. The standard InChI is InChI=1S/C18H15NO5S/c1-24-14-6-8-15(9-7-14)25(22,23)19-17-11-13-5-3-2-4-12(13)10-16(17)18(20)21/h2-11,19H,1H3,(H,20,21). The Morgan fingerprint density at radius 1 is 1.00 bits per heavy atom. The molecule has 0 aliphatic rings. The first-order chi connectivity index (χ1) is 11.9. The number of benzene rings is 3. The van der Waals surface area contributed by atoms with Crippen LogP contribution in [-0.4, -0.2) is 26.6 Å². The van der Waals surface area contributed by atoms with Crippen molar-refractivity contribution in [3.8, 4) is 5.75 Å². The van der Waals surface area contributed by atoms with Gasteiger partial charge in [0.25, 0.3) is 10.0 Å². The predicted molar refractivity (Wildman–Crippen MR) is 94.7 cm³/mol. The van der Waals surface area contributed by atoms with Crippen LogP contribution in [0.2, 0.25) is 0 Å². The van der Waals surface area contributed by atoms with E-state index < -0.39 is 16.0 Å². The number of carboxylic acids is 1. The third-order valence-corrected chi connectivity index (χ3v) is 5.11. The summed E-state index contributed by atoms with van der Waals surface area (Å²) in [6.45, 7) is 0. The number of fused-ring (bicyclic) bond motifs is 1. The van der Waals surface area contributed by atoms with Crippen molar-refractivity contribution in [1.82, 2.24) is 0 Å². The Labute approximate surface area is 144 Å². The summed E-state index contributed by atoms with van der Waals surface area (Å²) in [4.78, 5) is 11.5. The summed E-state index contributed by atoms with van der Waals surface area (Å²) >= 11 is 0. The van der Waals surface area contributed by atoms with Crippen molar-refractivity contribution in [2.45, 2.75) is 4.90 Å². The van der Waals surface area contributed by atoms with E-state index in [1.807, 2.05) is 0 Å². The minimum absolute atomic E-state index is 0.0118. The van der Waals surface area contributed by atoms with Crippen LogP contribution in [-0.2, 0) is 10.0 Å². The van der Waals surface area contributed by atoms with Gasteiger partial charge in [-0.25, -0.2) is 13.2 Å². The second kappa shape index (κ2) is 6.45. The number of sulfonamides is 1. The molecule has 3 aromatic carbocycles. The Morgan fingerprint density at radius 3 is 2.16 bits per heavy atom. The van der Waals surface area contributed by atoms with Crippen LogP contribution in [0, 0.1) is 0 Å². The second-order valence-electron chi connectivity index (χ2n) is 5.33. The lowest BCUT2D eigenvalue weighted by molar-refractivity contribution is 0.0698. The van der Waals surface area contributed by atoms with Gasteiger partial charge in [0, 0.05) is 0 Å². The van der Waals surface area contributed by atoms with Crippen LogP contribution >= 0.6 is 0 Å². The van der Waals surface area contributed by atoms with Gasteiger partial charge < -0.3 is 9.84 Å². The molecular weight excluding hydrogens is 342 g/mol. The zero-order chi connectivity index (χ0) is 18.0. The largest absolute Gasteiger partial charge is 0.497 e. The maximum Gasteiger partial charge on any atom is 0.337 e. The van der Waals surface area contributed by atoms with E-state index in [4.69, 9.17) is 4.74 Å². The topological polar surface area (TPSA) is 92.7 Å². The van der Waals surface area contributed by atoms with Gasteiger partial charge in [0.15, 0.2) is 0 Å². The minimum Gasteiger partial charge on any atom is -0.497 e. The van der Waals surface area contributed by atoms with Crippen LogP contribution in [0.1, 0.15) is 10.4 Å². The molecule has 3 rings (SSSR count). The molecule has 7 heteroatoms. The van der Waals surface area contributed by atoms with Gasteiger partial charge in [-0.1, -0.05) is 24.3 Å². The predicted octanol–water partition coefficient (Wildman–Crippen LogP) is 3.35. The van der Waals surface area contributed by atoms with Gasteiger partial charge in [-0.3, -0.25) is 4.72 Å². The SMILES string of the molecule is COc1ccc(S(=O)(=O)Nc2cc3ccccc3cc2C(=O)O)cc1. The lowest BCUT2D eigenvalue weighted by atomic mass is 10.1. The molecule has 0 heterocycles. The summed E-state index contributed by atoms with van der Waals surface area (Å²) in [6.07, 6.45) is 0. The van der Waals surface area contributed by atoms with E-state index in [2.05, 4.69) is 4.72 Å². The highest BCUT2D eigenvalue weighted by Gasteiger charge is 2.19. The average molecular weight is 357 g/mol. The van der Waals surface area contributed by atoms with Gasteiger partial charge in [-0.15, -0.1) is 0 Å². The molecule has 128 valence electrons. The quantitative estimate of drug-likeness (QED) is 0.730. The van der Waals surface area contributed by atoms with Crippen molar-refractivity contribution >= 4 is 32.5 Å². The Morgan fingerprint density at radius 2 is 1.60 bits per heavy atom. The van der Waals surface area contributed by atoms with Crippen LogP contribution in [0.4, 0.5) is 5.69 Å². The molecule has 0 saturated heterocycles. The Bertz CT molecular complexity index is 1040. The van der Waals surface area contributed by atoms with Crippen LogP contribution in [0.5, 0.6) is 5.75 Å². The highest BCUT2D eigenvalue weighted by atomic mass is 32.2. The number of hydrogen-bond acceptors (Lipinski definition) is 4. The summed E-state index contributed by atoms with van der Waals surface area (Å²) in [5.41, 5.74) is -0.0993. The van der Waals surface area contributed by atoms with E-state index in [9.17, 15) is 18.3 Å². The van der Waals surface area contributed by atoms with E-state index >= 15 is 0 Å². The van der Waals surface area contributed by atoms with E-state index in [1.54, 1.807) is 24.3 Å². The number of carbonyl (C=O) groups is 1. The number of aromatic carboxylic acids is 1. The Hall–Kier alpha value is -3.06. The first-order valence-electron chi connectivity index (χ1n) is 7.34. The monoisotopic (exact) mass is 357 g/mol. The van der Waals surface area contributed by atoms with E-state index in [0.29, 0.717) is 11.1 Å². The Balaban J connectivity index is 2.05. The van der Waals surface area contributed by atoms with Gasteiger partial charge in [0.05, 0.1) is 23.3 Å². The molecule has 3 aromatic rings. The van der Waals surface area contributed by atoms with E-state index in [-0.39, 0.29) is 16.1 Å². The highest BCUT2D eigenvalue weighted by molar-refractivity contribution is 7.92. The Kier molecular flexibility index (Phi) is 4.33. The summed E-state index contributed by atoms with van der Waals surface area (Å²) in [5, 5.41) is 10.9. The minimum atomic E-state index is -3.93. The van der Waals surface area contributed by atoms with Crippen molar-refractivity contribution in [1.29, 1.82) is 0 Å². The van der Waals surface area contributed by atoms with Crippen molar-refractivity contribution < 1.29 is 23.1 Å². The maximum absolute atomic E-state index is 12.6.